The largest absolute Gasteiger partial charge is 0.381 e. The van der Waals surface area contributed by atoms with Crippen LogP contribution < -0.4 is 16.0 Å². The summed E-state index contributed by atoms with van der Waals surface area (Å²) in [7, 11) is 0. The van der Waals surface area contributed by atoms with Gasteiger partial charge >= 0.3 is 0 Å². The van der Waals surface area contributed by atoms with E-state index in [9.17, 15) is 9.18 Å². The first-order chi connectivity index (χ1) is 19.9. The van der Waals surface area contributed by atoms with Gasteiger partial charge in [-0.1, -0.05) is 11.2 Å². The van der Waals surface area contributed by atoms with Gasteiger partial charge in [0.05, 0.1) is 28.9 Å². The summed E-state index contributed by atoms with van der Waals surface area (Å²) in [6.07, 6.45) is 6.30. The number of aryl methyl sites for hydroxylation is 1. The van der Waals surface area contributed by atoms with E-state index in [0.29, 0.717) is 23.8 Å². The summed E-state index contributed by atoms with van der Waals surface area (Å²) in [6.45, 7) is 7.35. The first kappa shape index (κ1) is 26.2. The topological polar surface area (TPSA) is 111 Å². The molecular weight excluding hydrogens is 525 g/mol. The number of rotatable bonds is 8. The molecule has 3 aliphatic heterocycles. The van der Waals surface area contributed by atoms with E-state index in [0.717, 1.165) is 67.7 Å². The molecular formula is C30H36FN7O3. The highest BCUT2D eigenvalue weighted by Crippen LogP contribution is 2.45. The number of nitrogens with zero attached hydrogens (tertiary/aromatic N) is 4. The first-order valence-electron chi connectivity index (χ1n) is 14.5. The number of benzene rings is 1. The van der Waals surface area contributed by atoms with Gasteiger partial charge in [-0.2, -0.15) is 4.98 Å². The molecule has 1 aliphatic carbocycles. The van der Waals surface area contributed by atoms with E-state index < -0.39 is 11.7 Å². The minimum absolute atomic E-state index is 0.0492. The van der Waals surface area contributed by atoms with Crippen LogP contribution in [0.2, 0.25) is 0 Å². The minimum atomic E-state index is -0.905. The third-order valence-electron chi connectivity index (χ3n) is 9.33. The number of piperidine rings is 2. The van der Waals surface area contributed by atoms with Gasteiger partial charge in [0.25, 0.3) is 5.91 Å². The lowest BCUT2D eigenvalue weighted by Crippen LogP contribution is -2.73. The van der Waals surface area contributed by atoms with Crippen LogP contribution in [0.3, 0.4) is 0 Å². The van der Waals surface area contributed by atoms with Gasteiger partial charge in [0.1, 0.15) is 6.17 Å². The van der Waals surface area contributed by atoms with Gasteiger partial charge in [-0.3, -0.25) is 4.79 Å². The number of fused-ring (bicyclic) bond motifs is 3. The van der Waals surface area contributed by atoms with E-state index in [-0.39, 0.29) is 24.0 Å². The highest BCUT2D eigenvalue weighted by molar-refractivity contribution is 5.96. The second-order valence-corrected chi connectivity index (χ2v) is 11.8. The number of hydrogen-bond donors (Lipinski definition) is 3. The minimum Gasteiger partial charge on any atom is -0.381 e. The third-order valence-corrected chi connectivity index (χ3v) is 9.33. The van der Waals surface area contributed by atoms with E-state index in [2.05, 4.69) is 55.1 Å². The lowest BCUT2D eigenvalue weighted by Gasteiger charge is -2.56. The van der Waals surface area contributed by atoms with Crippen molar-refractivity contribution in [1.29, 1.82) is 0 Å². The molecule has 1 unspecified atom stereocenters. The quantitative estimate of drug-likeness (QED) is 0.295. The van der Waals surface area contributed by atoms with Crippen LogP contribution in [0.15, 0.2) is 47.2 Å². The molecule has 10 nitrogen and oxygen atoms in total. The van der Waals surface area contributed by atoms with Crippen molar-refractivity contribution in [3.8, 4) is 11.5 Å². The van der Waals surface area contributed by atoms with E-state index in [1.807, 2.05) is 36.7 Å². The number of aromatic nitrogens is 4. The number of hydrogen-bond acceptors (Lipinski definition) is 7. The highest BCUT2D eigenvalue weighted by Gasteiger charge is 2.57. The summed E-state index contributed by atoms with van der Waals surface area (Å²) in [4.78, 5) is 17.5. The molecule has 4 aliphatic rings. The maximum Gasteiger partial charge on any atom is 0.253 e. The van der Waals surface area contributed by atoms with Crippen molar-refractivity contribution in [3.63, 3.8) is 0 Å². The molecule has 3 aromatic heterocycles. The van der Waals surface area contributed by atoms with Crippen molar-refractivity contribution < 1.29 is 18.4 Å². The van der Waals surface area contributed by atoms with Crippen LogP contribution >= 0.6 is 0 Å². The fourth-order valence-corrected chi connectivity index (χ4v) is 6.72. The maximum absolute atomic E-state index is 14.9. The summed E-state index contributed by atoms with van der Waals surface area (Å²) in [6, 6.07) is 9.87. The summed E-state index contributed by atoms with van der Waals surface area (Å²) in [5.74, 6) is 0.577. The van der Waals surface area contributed by atoms with Crippen molar-refractivity contribution in [2.45, 2.75) is 75.9 Å². The van der Waals surface area contributed by atoms with Crippen LogP contribution in [0.5, 0.6) is 0 Å². The molecule has 4 aromatic rings. The summed E-state index contributed by atoms with van der Waals surface area (Å²) in [5.41, 5.74) is 2.77. The zero-order chi connectivity index (χ0) is 28.2. The predicted molar refractivity (Wildman–Crippen MR) is 152 cm³/mol. The van der Waals surface area contributed by atoms with E-state index >= 15 is 0 Å². The van der Waals surface area contributed by atoms with Crippen LogP contribution in [0.1, 0.15) is 55.8 Å². The average molecular weight is 562 g/mol. The molecule has 2 bridgehead atoms. The monoisotopic (exact) mass is 561 g/mol. The molecule has 6 heterocycles. The summed E-state index contributed by atoms with van der Waals surface area (Å²) >= 11 is 0. The Kier molecular flexibility index (Phi) is 6.39. The summed E-state index contributed by atoms with van der Waals surface area (Å²) in [5, 5.41) is 14.9. The number of ether oxygens (including phenoxy) is 1. The Morgan fingerprint density at radius 2 is 2.10 bits per heavy atom. The van der Waals surface area contributed by atoms with Crippen molar-refractivity contribution >= 4 is 22.5 Å². The lowest BCUT2D eigenvalue weighted by molar-refractivity contribution is 0.00830. The van der Waals surface area contributed by atoms with Crippen molar-refractivity contribution in [2.75, 3.05) is 25.1 Å². The molecule has 216 valence electrons. The standard InChI is InChI=1S/C30H36FN7O3/c1-3-38-23-6-4-5-21(35-30-8-11-32-22(16-30)26(30)31)20(23)15-24(38)27-34-25(41-36-27)17-33-28(39)19-7-12-37(18-19)29(2)9-13-40-14-10-29/h4-7,12,15,18,22,26,32,35H,3,8-11,13-14,16-17H2,1-2H3,(H,33,39)/t22?,26-,30+/m1/s1. The molecule has 8 rings (SSSR count). The third kappa shape index (κ3) is 4.42. The van der Waals surface area contributed by atoms with E-state index in [1.54, 1.807) is 0 Å². The lowest BCUT2D eigenvalue weighted by atomic mass is 9.65. The van der Waals surface area contributed by atoms with Gasteiger partial charge < -0.3 is 34.3 Å². The van der Waals surface area contributed by atoms with Crippen molar-refractivity contribution in [2.24, 2.45) is 0 Å². The average Bonchev–Trinajstić information content (AvgIpc) is 3.75. The molecule has 0 radical (unpaired) electrons. The van der Waals surface area contributed by atoms with Gasteiger partial charge in [-0.15, -0.1) is 0 Å². The molecule has 4 fully saturated rings. The number of carbonyl (C=O) groups excluding carboxylic acids is 1. The Labute approximate surface area is 237 Å². The van der Waals surface area contributed by atoms with Crippen LogP contribution in [0, 0.1) is 0 Å². The molecule has 3 N–H and O–H groups in total. The molecule has 0 spiro atoms. The van der Waals surface area contributed by atoms with E-state index in [1.165, 1.54) is 0 Å². The smallest absolute Gasteiger partial charge is 0.253 e. The van der Waals surface area contributed by atoms with Gasteiger partial charge in [0, 0.05) is 54.8 Å². The fraction of sp³-hybridized carbons (Fsp3) is 0.500. The van der Waals surface area contributed by atoms with Crippen LogP contribution in [-0.4, -0.2) is 62.7 Å². The number of alkyl halides is 1. The molecule has 3 atom stereocenters. The number of amides is 1. The second-order valence-electron chi connectivity index (χ2n) is 11.8. The Hall–Kier alpha value is -3.70. The number of anilines is 1. The Morgan fingerprint density at radius 3 is 2.88 bits per heavy atom. The predicted octanol–water partition coefficient (Wildman–Crippen LogP) is 4.22. The molecule has 3 saturated heterocycles. The Morgan fingerprint density at radius 1 is 1.24 bits per heavy atom. The maximum atomic E-state index is 14.9. The SMILES string of the molecule is CCn1c(-c2noc(CNC(=O)c3ccn(C4(C)CCOCC4)c3)n2)cc2c(N[C@@]34CCNC(C3)[C@H]4F)cccc21. The number of carbonyl (C=O) groups is 1. The zero-order valence-corrected chi connectivity index (χ0v) is 23.5. The summed E-state index contributed by atoms with van der Waals surface area (Å²) < 4.78 is 30.2. The molecule has 41 heavy (non-hydrogen) atoms. The van der Waals surface area contributed by atoms with Crippen molar-refractivity contribution in [3.05, 3.63) is 54.2 Å². The normalized spacial score (nSPS) is 25.1. The van der Waals surface area contributed by atoms with Gasteiger partial charge in [0.2, 0.25) is 11.7 Å². The van der Waals surface area contributed by atoms with Gasteiger partial charge in [-0.25, -0.2) is 4.39 Å². The zero-order valence-electron chi connectivity index (χ0n) is 23.5. The Bertz CT molecular complexity index is 1580. The van der Waals surface area contributed by atoms with Crippen LogP contribution in [0.4, 0.5) is 10.1 Å². The fourth-order valence-electron chi connectivity index (χ4n) is 6.72. The van der Waals surface area contributed by atoms with Crippen LogP contribution in [0.25, 0.3) is 22.4 Å². The van der Waals surface area contributed by atoms with Crippen molar-refractivity contribution in [1.82, 2.24) is 29.9 Å². The number of nitrogens with one attached hydrogen (secondary N) is 3. The second kappa shape index (κ2) is 9.99. The Balaban J connectivity index is 1.07. The van der Waals surface area contributed by atoms with Crippen LogP contribution in [-0.2, 0) is 23.4 Å². The number of halogens is 1. The van der Waals surface area contributed by atoms with Gasteiger partial charge in [-0.05, 0) is 70.3 Å². The van der Waals surface area contributed by atoms with E-state index in [4.69, 9.17) is 9.26 Å². The molecule has 1 aromatic carbocycles. The molecule has 1 saturated carbocycles. The molecule has 11 heteroatoms. The molecule has 1 amide bonds. The van der Waals surface area contributed by atoms with Gasteiger partial charge in [0.15, 0.2) is 0 Å². The first-order valence-corrected chi connectivity index (χ1v) is 14.5. The highest BCUT2D eigenvalue weighted by atomic mass is 19.1.